The van der Waals surface area contributed by atoms with Gasteiger partial charge in [0.05, 0.1) is 17.7 Å². The van der Waals surface area contributed by atoms with Crippen molar-refractivity contribution in [1.82, 2.24) is 19.9 Å². The van der Waals surface area contributed by atoms with Crippen LogP contribution < -0.4 is 5.73 Å². The number of rotatable bonds is 5. The zero-order valence-electron chi connectivity index (χ0n) is 15.0. The highest BCUT2D eigenvalue weighted by molar-refractivity contribution is 5.85. The van der Waals surface area contributed by atoms with E-state index in [-0.39, 0.29) is 12.4 Å². The third-order valence-electron chi connectivity index (χ3n) is 4.81. The van der Waals surface area contributed by atoms with Gasteiger partial charge in [0.1, 0.15) is 0 Å². The van der Waals surface area contributed by atoms with Crippen molar-refractivity contribution in [3.05, 3.63) is 28.7 Å². The van der Waals surface area contributed by atoms with Crippen LogP contribution in [0.15, 0.2) is 4.52 Å². The molecule has 0 bridgehead atoms. The summed E-state index contributed by atoms with van der Waals surface area (Å²) >= 11 is 0. The van der Waals surface area contributed by atoms with Gasteiger partial charge >= 0.3 is 0 Å². The Morgan fingerprint density at radius 3 is 2.54 bits per heavy atom. The van der Waals surface area contributed by atoms with E-state index in [9.17, 15) is 0 Å². The summed E-state index contributed by atoms with van der Waals surface area (Å²) in [5.41, 5.74) is 9.40. The highest BCUT2D eigenvalue weighted by atomic mass is 35.5. The van der Waals surface area contributed by atoms with Gasteiger partial charge in [-0.2, -0.15) is 10.1 Å². The van der Waals surface area contributed by atoms with Gasteiger partial charge in [-0.15, -0.1) is 12.4 Å². The molecule has 1 fully saturated rings. The molecule has 0 unspecified atom stereocenters. The van der Waals surface area contributed by atoms with E-state index in [0.29, 0.717) is 24.1 Å². The number of aryl methyl sites for hydroxylation is 1. The number of aromatic nitrogens is 4. The molecule has 134 valence electrons. The normalized spacial score (nSPS) is 16.6. The summed E-state index contributed by atoms with van der Waals surface area (Å²) in [5.74, 6) is 1.86. The topological polar surface area (TPSA) is 82.8 Å². The summed E-state index contributed by atoms with van der Waals surface area (Å²) in [6, 6.07) is 0. The van der Waals surface area contributed by atoms with E-state index in [2.05, 4.69) is 40.7 Å². The van der Waals surface area contributed by atoms with Gasteiger partial charge in [-0.25, -0.2) is 0 Å². The fourth-order valence-electron chi connectivity index (χ4n) is 3.42. The molecular weight excluding hydrogens is 326 g/mol. The van der Waals surface area contributed by atoms with Crippen LogP contribution in [-0.4, -0.2) is 19.9 Å². The van der Waals surface area contributed by atoms with Gasteiger partial charge in [-0.05, 0) is 32.6 Å². The van der Waals surface area contributed by atoms with Crippen molar-refractivity contribution >= 4 is 12.4 Å². The Hall–Kier alpha value is -1.40. The third kappa shape index (κ3) is 3.64. The molecule has 0 saturated heterocycles. The van der Waals surface area contributed by atoms with Crippen LogP contribution in [0.1, 0.15) is 68.2 Å². The molecule has 1 aliphatic rings. The number of halogens is 1. The fourth-order valence-corrected chi connectivity index (χ4v) is 3.42. The van der Waals surface area contributed by atoms with E-state index < -0.39 is 5.54 Å². The Bertz CT molecular complexity index is 685. The van der Waals surface area contributed by atoms with E-state index in [1.54, 1.807) is 0 Å². The zero-order valence-corrected chi connectivity index (χ0v) is 15.8. The number of hydrogen-bond acceptors (Lipinski definition) is 5. The molecule has 1 saturated carbocycles. The van der Waals surface area contributed by atoms with Gasteiger partial charge in [-0.3, -0.25) is 4.68 Å². The lowest BCUT2D eigenvalue weighted by Gasteiger charge is -2.17. The number of nitrogens with two attached hydrogens (primary N) is 1. The van der Waals surface area contributed by atoms with E-state index >= 15 is 0 Å². The highest BCUT2D eigenvalue weighted by Crippen LogP contribution is 2.34. The van der Waals surface area contributed by atoms with Gasteiger partial charge in [0, 0.05) is 17.8 Å². The standard InChI is InChI=1S/C17H27N5O.ClH/c1-11(2)10-22-13(4)14(12(3)20-22)9-15-19-16(21-23-15)17(18)7-5-6-8-17;/h11H,5-10,18H2,1-4H3;1H. The van der Waals surface area contributed by atoms with Crippen LogP contribution >= 0.6 is 12.4 Å². The third-order valence-corrected chi connectivity index (χ3v) is 4.81. The first-order chi connectivity index (χ1) is 10.9. The molecule has 2 N–H and O–H groups in total. The molecule has 0 amide bonds. The second kappa shape index (κ2) is 7.23. The molecule has 0 atom stereocenters. The second-order valence-corrected chi connectivity index (χ2v) is 7.28. The summed E-state index contributed by atoms with van der Waals surface area (Å²) in [7, 11) is 0. The number of hydrogen-bond donors (Lipinski definition) is 1. The van der Waals surface area contributed by atoms with Crippen LogP contribution in [0.3, 0.4) is 0 Å². The Kier molecular flexibility index (Phi) is 5.71. The number of nitrogens with zero attached hydrogens (tertiary/aromatic N) is 4. The lowest BCUT2D eigenvalue weighted by atomic mass is 9.98. The first-order valence-corrected chi connectivity index (χ1v) is 8.54. The predicted octanol–water partition coefficient (Wildman–Crippen LogP) is 3.28. The van der Waals surface area contributed by atoms with E-state index in [1.807, 2.05) is 6.92 Å². The lowest BCUT2D eigenvalue weighted by Crippen LogP contribution is -2.34. The van der Waals surface area contributed by atoms with E-state index in [1.165, 1.54) is 11.3 Å². The van der Waals surface area contributed by atoms with Gasteiger partial charge in [0.2, 0.25) is 5.89 Å². The van der Waals surface area contributed by atoms with Crippen LogP contribution in [0.2, 0.25) is 0 Å². The molecule has 2 aromatic rings. The monoisotopic (exact) mass is 353 g/mol. The predicted molar refractivity (Wildman–Crippen MR) is 95.2 cm³/mol. The minimum absolute atomic E-state index is 0. The summed E-state index contributed by atoms with van der Waals surface area (Å²) in [5, 5.41) is 8.79. The molecule has 6 nitrogen and oxygen atoms in total. The summed E-state index contributed by atoms with van der Waals surface area (Å²) in [6.07, 6.45) is 4.78. The maximum atomic E-state index is 6.40. The largest absolute Gasteiger partial charge is 0.339 e. The fraction of sp³-hybridized carbons (Fsp3) is 0.706. The Labute approximate surface area is 149 Å². The van der Waals surface area contributed by atoms with Gasteiger partial charge in [-0.1, -0.05) is 31.8 Å². The minimum Gasteiger partial charge on any atom is -0.339 e. The lowest BCUT2D eigenvalue weighted by molar-refractivity contribution is 0.352. The first kappa shape index (κ1) is 18.9. The van der Waals surface area contributed by atoms with Gasteiger partial charge in [0.15, 0.2) is 5.82 Å². The molecule has 3 rings (SSSR count). The Morgan fingerprint density at radius 2 is 1.92 bits per heavy atom. The maximum absolute atomic E-state index is 6.40. The zero-order chi connectivity index (χ0) is 16.6. The summed E-state index contributed by atoms with van der Waals surface area (Å²) in [4.78, 5) is 4.57. The Balaban J connectivity index is 0.00000208. The van der Waals surface area contributed by atoms with Crippen molar-refractivity contribution in [2.24, 2.45) is 11.7 Å². The van der Waals surface area contributed by atoms with E-state index in [0.717, 1.165) is 37.9 Å². The van der Waals surface area contributed by atoms with Gasteiger partial charge in [0.25, 0.3) is 0 Å². The molecule has 2 heterocycles. The molecule has 0 spiro atoms. The molecular formula is C17H28ClN5O. The molecule has 0 aromatic carbocycles. The van der Waals surface area contributed by atoms with Crippen molar-refractivity contribution in [2.75, 3.05) is 0 Å². The van der Waals surface area contributed by atoms with Gasteiger partial charge < -0.3 is 10.3 Å². The van der Waals surface area contributed by atoms with Crippen LogP contribution in [-0.2, 0) is 18.5 Å². The van der Waals surface area contributed by atoms with Crippen LogP contribution in [0.4, 0.5) is 0 Å². The molecule has 7 heteroatoms. The van der Waals surface area contributed by atoms with Crippen molar-refractivity contribution in [3.63, 3.8) is 0 Å². The quantitative estimate of drug-likeness (QED) is 0.891. The van der Waals surface area contributed by atoms with Crippen LogP contribution in [0, 0.1) is 19.8 Å². The molecule has 0 aliphatic heterocycles. The average Bonchev–Trinajstić information content (AvgIpc) is 3.17. The van der Waals surface area contributed by atoms with Crippen molar-refractivity contribution < 1.29 is 4.52 Å². The van der Waals surface area contributed by atoms with Crippen LogP contribution in [0.25, 0.3) is 0 Å². The van der Waals surface area contributed by atoms with E-state index in [4.69, 9.17) is 10.3 Å². The minimum atomic E-state index is -0.395. The molecule has 0 radical (unpaired) electrons. The summed E-state index contributed by atoms with van der Waals surface area (Å²) < 4.78 is 7.55. The van der Waals surface area contributed by atoms with Crippen molar-refractivity contribution in [3.8, 4) is 0 Å². The summed E-state index contributed by atoms with van der Waals surface area (Å²) in [6.45, 7) is 9.47. The smallest absolute Gasteiger partial charge is 0.231 e. The van der Waals surface area contributed by atoms with Crippen molar-refractivity contribution in [2.45, 2.75) is 71.9 Å². The Morgan fingerprint density at radius 1 is 1.25 bits per heavy atom. The molecule has 1 aliphatic carbocycles. The first-order valence-electron chi connectivity index (χ1n) is 8.54. The highest BCUT2D eigenvalue weighted by Gasteiger charge is 2.36. The van der Waals surface area contributed by atoms with Crippen molar-refractivity contribution in [1.29, 1.82) is 0 Å². The SMILES string of the molecule is Cc1nn(CC(C)C)c(C)c1Cc1nc(C2(N)CCCC2)no1.Cl. The second-order valence-electron chi connectivity index (χ2n) is 7.28. The maximum Gasteiger partial charge on any atom is 0.231 e. The van der Waals surface area contributed by atoms with Crippen LogP contribution in [0.5, 0.6) is 0 Å². The average molecular weight is 354 g/mol. The molecule has 2 aromatic heterocycles. The molecule has 24 heavy (non-hydrogen) atoms.